The van der Waals surface area contributed by atoms with Gasteiger partial charge in [0.15, 0.2) is 0 Å². The second kappa shape index (κ2) is 8.36. The molecule has 1 heterocycles. The van der Waals surface area contributed by atoms with Crippen molar-refractivity contribution in [1.82, 2.24) is 0 Å². The van der Waals surface area contributed by atoms with E-state index in [4.69, 9.17) is 27.6 Å². The molecule has 0 unspecified atom stereocenters. The van der Waals surface area contributed by atoms with Crippen molar-refractivity contribution in [1.29, 1.82) is 5.26 Å². The molecule has 140 valence electrons. The van der Waals surface area contributed by atoms with Crippen molar-refractivity contribution in [3.05, 3.63) is 100 Å². The molecule has 0 saturated carbocycles. The summed E-state index contributed by atoms with van der Waals surface area (Å²) in [5, 5.41) is 10.9. The third-order valence-corrected chi connectivity index (χ3v) is 4.95. The van der Waals surface area contributed by atoms with Gasteiger partial charge in [-0.25, -0.2) is 4.99 Å². The van der Waals surface area contributed by atoms with Gasteiger partial charge in [-0.3, -0.25) is 0 Å². The summed E-state index contributed by atoms with van der Waals surface area (Å²) in [6.07, 6.45) is 1.57. The lowest BCUT2D eigenvalue weighted by Crippen LogP contribution is -1.84. The molecule has 0 spiro atoms. The molecule has 0 aliphatic carbocycles. The number of nitriles is 1. The van der Waals surface area contributed by atoms with Crippen LogP contribution in [-0.4, -0.2) is 6.21 Å². The highest BCUT2D eigenvalue weighted by atomic mass is 35.5. The van der Waals surface area contributed by atoms with Crippen LogP contribution in [0.25, 0.3) is 22.5 Å². The number of hydrogen-bond acceptors (Lipinski definition) is 3. The Hall–Kier alpha value is -3.32. The average molecular weight is 417 g/mol. The predicted molar refractivity (Wildman–Crippen MR) is 118 cm³/mol. The van der Waals surface area contributed by atoms with Crippen LogP contribution in [0.1, 0.15) is 11.1 Å². The molecule has 0 aliphatic rings. The maximum atomic E-state index is 9.88. The van der Waals surface area contributed by atoms with Gasteiger partial charge < -0.3 is 4.42 Å². The minimum atomic E-state index is 0.233. The second-order valence-corrected chi connectivity index (χ2v) is 7.10. The van der Waals surface area contributed by atoms with E-state index in [1.807, 2.05) is 60.7 Å². The molecular formula is C24H14Cl2N2O. The maximum absolute atomic E-state index is 9.88. The van der Waals surface area contributed by atoms with Crippen molar-refractivity contribution >= 4 is 35.3 Å². The molecule has 29 heavy (non-hydrogen) atoms. The summed E-state index contributed by atoms with van der Waals surface area (Å²) < 4.78 is 6.07. The van der Waals surface area contributed by atoms with Crippen LogP contribution in [-0.2, 0) is 0 Å². The second-order valence-electron chi connectivity index (χ2n) is 6.25. The molecule has 5 heteroatoms. The molecule has 0 fully saturated rings. The van der Waals surface area contributed by atoms with Gasteiger partial charge in [-0.2, -0.15) is 5.26 Å². The number of aliphatic imine (C=N–C) groups is 1. The molecule has 4 rings (SSSR count). The van der Waals surface area contributed by atoms with Crippen LogP contribution in [0.4, 0.5) is 5.88 Å². The zero-order valence-corrected chi connectivity index (χ0v) is 16.7. The Balaban J connectivity index is 1.88. The number of furan rings is 1. The van der Waals surface area contributed by atoms with Crippen LogP contribution < -0.4 is 0 Å². The summed E-state index contributed by atoms with van der Waals surface area (Å²) in [6.45, 7) is 0. The highest BCUT2D eigenvalue weighted by molar-refractivity contribution is 6.36. The zero-order valence-electron chi connectivity index (χ0n) is 15.1. The van der Waals surface area contributed by atoms with E-state index in [0.29, 0.717) is 32.5 Å². The summed E-state index contributed by atoms with van der Waals surface area (Å²) in [7, 11) is 0. The average Bonchev–Trinajstić information content (AvgIpc) is 3.13. The van der Waals surface area contributed by atoms with Gasteiger partial charge in [-0.15, -0.1) is 0 Å². The Morgan fingerprint density at radius 1 is 0.862 bits per heavy atom. The zero-order chi connectivity index (χ0) is 20.2. The molecule has 1 aromatic heterocycles. The summed E-state index contributed by atoms with van der Waals surface area (Å²) in [6, 6.07) is 26.7. The van der Waals surface area contributed by atoms with E-state index in [1.54, 1.807) is 24.4 Å². The lowest BCUT2D eigenvalue weighted by Gasteiger charge is -2.03. The first-order chi connectivity index (χ1) is 14.2. The highest BCUT2D eigenvalue weighted by Crippen LogP contribution is 2.42. The highest BCUT2D eigenvalue weighted by Gasteiger charge is 2.22. The van der Waals surface area contributed by atoms with Crippen LogP contribution in [0.15, 0.2) is 88.3 Å². The van der Waals surface area contributed by atoms with Crippen molar-refractivity contribution in [2.24, 2.45) is 4.99 Å². The maximum Gasteiger partial charge on any atom is 0.238 e. The van der Waals surface area contributed by atoms with Gasteiger partial charge in [-0.05, 0) is 17.7 Å². The number of nitrogens with zero attached hydrogens (tertiary/aromatic N) is 2. The molecule has 3 aromatic carbocycles. The van der Waals surface area contributed by atoms with Crippen molar-refractivity contribution in [3.63, 3.8) is 0 Å². The standard InChI is InChI=1S/C24H14Cl2N2O/c25-19-12-11-18(21(26)13-19)15-28-24-20(14-27)22(16-7-3-1-4-8-16)23(29-24)17-9-5-2-6-10-17/h1-13,15H/b28-15+. The van der Waals surface area contributed by atoms with Crippen LogP contribution >= 0.6 is 23.2 Å². The van der Waals surface area contributed by atoms with Gasteiger partial charge in [0, 0.05) is 27.9 Å². The first-order valence-corrected chi connectivity index (χ1v) is 9.60. The number of benzene rings is 3. The molecule has 3 nitrogen and oxygen atoms in total. The van der Waals surface area contributed by atoms with Crippen LogP contribution in [0.5, 0.6) is 0 Å². The van der Waals surface area contributed by atoms with E-state index in [2.05, 4.69) is 11.1 Å². The molecule has 0 N–H and O–H groups in total. The fourth-order valence-electron chi connectivity index (χ4n) is 3.02. The van der Waals surface area contributed by atoms with Crippen LogP contribution in [0, 0.1) is 11.3 Å². The number of hydrogen-bond donors (Lipinski definition) is 0. The Morgan fingerprint density at radius 2 is 1.52 bits per heavy atom. The Morgan fingerprint density at radius 3 is 2.14 bits per heavy atom. The third kappa shape index (κ3) is 3.95. The first-order valence-electron chi connectivity index (χ1n) is 8.84. The van der Waals surface area contributed by atoms with Gasteiger partial charge in [-0.1, -0.05) is 89.9 Å². The van der Waals surface area contributed by atoms with Gasteiger partial charge >= 0.3 is 0 Å². The van der Waals surface area contributed by atoms with E-state index in [1.165, 1.54) is 0 Å². The lowest BCUT2D eigenvalue weighted by atomic mass is 9.98. The fourth-order valence-corrected chi connectivity index (χ4v) is 3.48. The molecule has 0 aliphatic heterocycles. The minimum absolute atomic E-state index is 0.233. The van der Waals surface area contributed by atoms with Crippen molar-refractivity contribution < 1.29 is 4.42 Å². The monoisotopic (exact) mass is 416 g/mol. The summed E-state index contributed by atoms with van der Waals surface area (Å²) >= 11 is 12.2. The number of halogens is 2. The quantitative estimate of drug-likeness (QED) is 0.322. The van der Waals surface area contributed by atoms with Gasteiger partial charge in [0.1, 0.15) is 17.4 Å². The SMILES string of the molecule is N#Cc1c(/N=C/c2ccc(Cl)cc2Cl)oc(-c2ccccc2)c1-c1ccccc1. The topological polar surface area (TPSA) is 49.3 Å². The molecule has 0 radical (unpaired) electrons. The molecule has 0 amide bonds. The first kappa shape index (κ1) is 19.0. The van der Waals surface area contributed by atoms with Crippen LogP contribution in [0.2, 0.25) is 10.0 Å². The predicted octanol–water partition coefficient (Wildman–Crippen LogP) is 7.54. The van der Waals surface area contributed by atoms with E-state index in [9.17, 15) is 5.26 Å². The number of rotatable bonds is 4. The molecular weight excluding hydrogens is 403 g/mol. The summed E-state index contributed by atoms with van der Waals surface area (Å²) in [5.74, 6) is 0.832. The van der Waals surface area contributed by atoms with E-state index in [-0.39, 0.29) is 5.88 Å². The normalized spacial score (nSPS) is 10.9. The van der Waals surface area contributed by atoms with Gasteiger partial charge in [0.05, 0.1) is 5.02 Å². The fraction of sp³-hybridized carbons (Fsp3) is 0. The molecule has 0 saturated heterocycles. The van der Waals surface area contributed by atoms with Gasteiger partial charge in [0.25, 0.3) is 0 Å². The van der Waals surface area contributed by atoms with Crippen molar-refractivity contribution in [2.45, 2.75) is 0 Å². The van der Waals surface area contributed by atoms with E-state index >= 15 is 0 Å². The molecule has 0 bridgehead atoms. The Labute approximate surface area is 178 Å². The van der Waals surface area contributed by atoms with Crippen LogP contribution in [0.3, 0.4) is 0 Å². The lowest BCUT2D eigenvalue weighted by molar-refractivity contribution is 0.593. The smallest absolute Gasteiger partial charge is 0.238 e. The van der Waals surface area contributed by atoms with Crippen molar-refractivity contribution in [2.75, 3.05) is 0 Å². The van der Waals surface area contributed by atoms with E-state index < -0.39 is 0 Å². The minimum Gasteiger partial charge on any atom is -0.436 e. The third-order valence-electron chi connectivity index (χ3n) is 4.38. The largest absolute Gasteiger partial charge is 0.436 e. The Bertz CT molecular complexity index is 1220. The van der Waals surface area contributed by atoms with E-state index in [0.717, 1.165) is 11.1 Å². The van der Waals surface area contributed by atoms with Crippen molar-refractivity contribution in [3.8, 4) is 28.5 Å². The molecule has 0 atom stereocenters. The summed E-state index contributed by atoms with van der Waals surface area (Å²) in [5.41, 5.74) is 3.52. The Kier molecular flexibility index (Phi) is 5.48. The molecule has 4 aromatic rings. The van der Waals surface area contributed by atoms with Gasteiger partial charge in [0.2, 0.25) is 5.88 Å². The summed E-state index contributed by atoms with van der Waals surface area (Å²) in [4.78, 5) is 4.43.